The number of hydrogen-bond acceptors (Lipinski definition) is 5. The molecule has 2 aromatic rings. The number of rotatable bonds is 7. The van der Waals surface area contributed by atoms with Crippen LogP contribution in [0.2, 0.25) is 0 Å². The fraction of sp³-hybridized carbons (Fsp3) is 0.480. The number of methoxy groups -OCH3 is 1. The minimum Gasteiger partial charge on any atom is -0.496 e. The molecule has 1 aliphatic heterocycles. The van der Waals surface area contributed by atoms with Crippen molar-refractivity contribution in [3.8, 4) is 5.75 Å². The van der Waals surface area contributed by atoms with E-state index >= 15 is 0 Å². The Morgan fingerprint density at radius 1 is 1.03 bits per heavy atom. The molecule has 8 heteroatoms. The molecule has 3 rings (SSSR count). The number of benzene rings is 2. The second-order valence-electron chi connectivity index (χ2n) is 8.79. The topological polar surface area (TPSA) is 84.9 Å². The molecule has 1 fully saturated rings. The summed E-state index contributed by atoms with van der Waals surface area (Å²) in [5.41, 5.74) is 4.17. The Hall–Kier alpha value is -2.42. The van der Waals surface area contributed by atoms with Crippen molar-refractivity contribution in [1.82, 2.24) is 9.62 Å². The Morgan fingerprint density at radius 3 is 2.30 bits per heavy atom. The lowest BCUT2D eigenvalue weighted by molar-refractivity contribution is 0.0730. The highest BCUT2D eigenvalue weighted by atomic mass is 32.2. The van der Waals surface area contributed by atoms with Crippen LogP contribution in [0.15, 0.2) is 35.2 Å². The fourth-order valence-electron chi connectivity index (χ4n) is 4.10. The molecule has 0 aromatic heterocycles. The Kier molecular flexibility index (Phi) is 7.82. The quantitative estimate of drug-likeness (QED) is 0.657. The van der Waals surface area contributed by atoms with Crippen LogP contribution in [0.1, 0.15) is 65.3 Å². The van der Waals surface area contributed by atoms with Gasteiger partial charge in [0.25, 0.3) is 5.91 Å². The Balaban J connectivity index is 1.87. The third kappa shape index (κ3) is 5.39. The van der Waals surface area contributed by atoms with Crippen molar-refractivity contribution in [2.24, 2.45) is 0 Å². The fourth-order valence-corrected chi connectivity index (χ4v) is 5.54. The van der Waals surface area contributed by atoms with E-state index in [0.29, 0.717) is 31.9 Å². The Labute approximate surface area is 197 Å². The first kappa shape index (κ1) is 25.2. The molecular formula is C25H34N2O5S. The number of carbonyl (C=O) groups excluding carboxylic acids is 1. The summed E-state index contributed by atoms with van der Waals surface area (Å²) < 4.78 is 38.3. The number of nitrogens with zero attached hydrogens (tertiary/aromatic N) is 1. The molecule has 0 spiro atoms. The zero-order valence-electron chi connectivity index (χ0n) is 20.3. The summed E-state index contributed by atoms with van der Waals surface area (Å²) in [6.07, 6.45) is 0. The van der Waals surface area contributed by atoms with E-state index < -0.39 is 10.0 Å². The van der Waals surface area contributed by atoms with Gasteiger partial charge in [-0.25, -0.2) is 8.42 Å². The molecule has 0 unspecified atom stereocenters. The van der Waals surface area contributed by atoms with Crippen LogP contribution in [0.4, 0.5) is 0 Å². The molecule has 1 amide bonds. The van der Waals surface area contributed by atoms with Gasteiger partial charge in [0.15, 0.2) is 0 Å². The van der Waals surface area contributed by atoms with Crippen molar-refractivity contribution in [3.63, 3.8) is 0 Å². The lowest BCUT2D eigenvalue weighted by Crippen LogP contribution is -2.40. The molecule has 1 saturated heterocycles. The average Bonchev–Trinajstić information content (AvgIpc) is 2.79. The number of aryl methyl sites for hydroxylation is 2. The van der Waals surface area contributed by atoms with Crippen LogP contribution >= 0.6 is 0 Å². The van der Waals surface area contributed by atoms with Crippen LogP contribution in [0.25, 0.3) is 0 Å². The predicted octanol–water partition coefficient (Wildman–Crippen LogP) is 3.95. The SMILES string of the molecule is COc1cc(C)c([C@H](C)NC(=O)c2cc(S(=O)(=O)N3CCOCC3)ccc2C)cc1C(C)C. The predicted molar refractivity (Wildman–Crippen MR) is 128 cm³/mol. The van der Waals surface area contributed by atoms with Crippen LogP contribution in [-0.4, -0.2) is 52.0 Å². The molecule has 1 heterocycles. The van der Waals surface area contributed by atoms with E-state index in [9.17, 15) is 13.2 Å². The minimum atomic E-state index is -3.69. The van der Waals surface area contributed by atoms with E-state index in [-0.39, 0.29) is 22.8 Å². The third-order valence-electron chi connectivity index (χ3n) is 6.12. The maximum absolute atomic E-state index is 13.2. The lowest BCUT2D eigenvalue weighted by atomic mass is 9.93. The maximum Gasteiger partial charge on any atom is 0.252 e. The van der Waals surface area contributed by atoms with Gasteiger partial charge in [-0.1, -0.05) is 19.9 Å². The summed E-state index contributed by atoms with van der Waals surface area (Å²) in [5.74, 6) is 0.800. The highest BCUT2D eigenvalue weighted by Gasteiger charge is 2.28. The molecule has 180 valence electrons. The van der Waals surface area contributed by atoms with Crippen molar-refractivity contribution in [2.45, 2.75) is 51.5 Å². The number of nitrogens with one attached hydrogen (secondary N) is 1. The molecule has 7 nitrogen and oxygen atoms in total. The first-order valence-electron chi connectivity index (χ1n) is 11.2. The zero-order valence-corrected chi connectivity index (χ0v) is 21.1. The Bertz CT molecular complexity index is 1120. The first-order chi connectivity index (χ1) is 15.6. The highest BCUT2D eigenvalue weighted by Crippen LogP contribution is 2.32. The van der Waals surface area contributed by atoms with E-state index in [2.05, 4.69) is 25.2 Å². The minimum absolute atomic E-state index is 0.121. The van der Waals surface area contributed by atoms with Gasteiger partial charge in [0.05, 0.1) is 31.3 Å². The van der Waals surface area contributed by atoms with Gasteiger partial charge in [-0.15, -0.1) is 0 Å². The van der Waals surface area contributed by atoms with Crippen molar-refractivity contribution in [3.05, 3.63) is 58.1 Å². The van der Waals surface area contributed by atoms with Gasteiger partial charge in [-0.05, 0) is 73.2 Å². The van der Waals surface area contributed by atoms with E-state index in [1.165, 1.54) is 10.4 Å². The van der Waals surface area contributed by atoms with Crippen LogP contribution < -0.4 is 10.1 Å². The molecule has 0 saturated carbocycles. The molecule has 1 N–H and O–H groups in total. The van der Waals surface area contributed by atoms with Crippen LogP contribution in [-0.2, 0) is 14.8 Å². The maximum atomic E-state index is 13.2. The molecule has 1 aliphatic rings. The van der Waals surface area contributed by atoms with Gasteiger partial charge in [0.1, 0.15) is 5.75 Å². The number of sulfonamides is 1. The summed E-state index contributed by atoms with van der Waals surface area (Å²) in [6, 6.07) is 8.53. The van der Waals surface area contributed by atoms with Crippen molar-refractivity contribution < 1.29 is 22.7 Å². The van der Waals surface area contributed by atoms with E-state index in [1.54, 1.807) is 26.2 Å². The molecule has 1 atom stereocenters. The third-order valence-corrected chi connectivity index (χ3v) is 8.01. The number of hydrogen-bond donors (Lipinski definition) is 1. The number of morpholine rings is 1. The number of carbonyl (C=O) groups is 1. The summed E-state index contributed by atoms with van der Waals surface area (Å²) in [7, 11) is -2.03. The molecule has 0 aliphatic carbocycles. The average molecular weight is 475 g/mol. The van der Waals surface area contributed by atoms with Crippen LogP contribution in [0.3, 0.4) is 0 Å². The lowest BCUT2D eigenvalue weighted by Gasteiger charge is -2.26. The summed E-state index contributed by atoms with van der Waals surface area (Å²) in [5, 5.41) is 3.05. The van der Waals surface area contributed by atoms with Gasteiger partial charge in [-0.3, -0.25) is 4.79 Å². The van der Waals surface area contributed by atoms with Gasteiger partial charge in [-0.2, -0.15) is 4.31 Å². The number of amides is 1. The Morgan fingerprint density at radius 2 is 1.70 bits per heavy atom. The monoisotopic (exact) mass is 474 g/mol. The normalized spacial score (nSPS) is 16.0. The summed E-state index contributed by atoms with van der Waals surface area (Å²) in [4.78, 5) is 13.3. The zero-order chi connectivity index (χ0) is 24.3. The summed E-state index contributed by atoms with van der Waals surface area (Å²) in [6.45, 7) is 11.3. The summed E-state index contributed by atoms with van der Waals surface area (Å²) >= 11 is 0. The van der Waals surface area contributed by atoms with Gasteiger partial charge < -0.3 is 14.8 Å². The molecular weight excluding hydrogens is 440 g/mol. The largest absolute Gasteiger partial charge is 0.496 e. The number of ether oxygens (including phenoxy) is 2. The van der Waals surface area contributed by atoms with Gasteiger partial charge in [0, 0.05) is 18.7 Å². The highest BCUT2D eigenvalue weighted by molar-refractivity contribution is 7.89. The van der Waals surface area contributed by atoms with Gasteiger partial charge in [0.2, 0.25) is 10.0 Å². The molecule has 2 aromatic carbocycles. The van der Waals surface area contributed by atoms with Gasteiger partial charge >= 0.3 is 0 Å². The van der Waals surface area contributed by atoms with Crippen molar-refractivity contribution in [2.75, 3.05) is 33.4 Å². The first-order valence-corrected chi connectivity index (χ1v) is 12.7. The molecule has 33 heavy (non-hydrogen) atoms. The second-order valence-corrected chi connectivity index (χ2v) is 10.7. The van der Waals surface area contributed by atoms with Crippen LogP contribution in [0, 0.1) is 13.8 Å². The van der Waals surface area contributed by atoms with Crippen molar-refractivity contribution in [1.29, 1.82) is 0 Å². The van der Waals surface area contributed by atoms with Crippen LogP contribution in [0.5, 0.6) is 5.75 Å². The molecule has 0 radical (unpaired) electrons. The smallest absolute Gasteiger partial charge is 0.252 e. The van der Waals surface area contributed by atoms with Crippen molar-refractivity contribution >= 4 is 15.9 Å². The molecule has 0 bridgehead atoms. The second kappa shape index (κ2) is 10.2. The van der Waals surface area contributed by atoms with E-state index in [0.717, 1.165) is 28.0 Å². The standard InChI is InChI=1S/C25H34N2O5S/c1-16(2)21-15-22(18(4)13-24(21)31-6)19(5)26-25(28)23-14-20(8-7-17(23)3)33(29,30)27-9-11-32-12-10-27/h7-8,13-16,19H,9-12H2,1-6H3,(H,26,28)/t19-/m0/s1. The van der Waals surface area contributed by atoms with E-state index in [4.69, 9.17) is 9.47 Å². The van der Waals surface area contributed by atoms with E-state index in [1.807, 2.05) is 19.9 Å².